The van der Waals surface area contributed by atoms with Crippen molar-refractivity contribution in [2.45, 2.75) is 46.6 Å². The molecule has 1 atom stereocenters. The third-order valence-electron chi connectivity index (χ3n) is 3.58. The molecule has 0 saturated carbocycles. The Balaban J connectivity index is 2.90. The van der Waals surface area contributed by atoms with E-state index < -0.39 is 0 Å². The molecule has 1 unspecified atom stereocenters. The van der Waals surface area contributed by atoms with Crippen LogP contribution in [0.4, 0.5) is 0 Å². The highest BCUT2D eigenvalue weighted by Crippen LogP contribution is 2.44. The van der Waals surface area contributed by atoms with E-state index in [9.17, 15) is 5.11 Å². The Morgan fingerprint density at radius 1 is 1.23 bits per heavy atom. The summed E-state index contributed by atoms with van der Waals surface area (Å²) < 4.78 is 0. The van der Waals surface area contributed by atoms with Gasteiger partial charge in [0.15, 0.2) is 0 Å². The van der Waals surface area contributed by atoms with Gasteiger partial charge < -0.3 is 5.11 Å². The number of aliphatic hydroxyl groups is 1. The van der Waals surface area contributed by atoms with Crippen molar-refractivity contribution in [2.75, 3.05) is 0 Å². The van der Waals surface area contributed by atoms with E-state index in [1.54, 1.807) is 0 Å². The van der Waals surface area contributed by atoms with Gasteiger partial charge in [-0.3, -0.25) is 0 Å². The molecule has 0 amide bonds. The minimum atomic E-state index is -0.130. The lowest BCUT2D eigenvalue weighted by Gasteiger charge is -2.42. The van der Waals surface area contributed by atoms with Gasteiger partial charge in [-0.05, 0) is 30.1 Å². The molecule has 0 heterocycles. The van der Waals surface area contributed by atoms with Gasteiger partial charge >= 0.3 is 0 Å². The zero-order valence-corrected chi connectivity index (χ0v) is 9.25. The molecule has 0 aliphatic heterocycles. The first-order valence-electron chi connectivity index (χ1n) is 5.35. The molecular formula is C12H22O. The molecule has 1 rings (SSSR count). The lowest BCUT2D eigenvalue weighted by atomic mass is 9.63. The minimum absolute atomic E-state index is 0.130. The van der Waals surface area contributed by atoms with Crippen LogP contribution in [0.25, 0.3) is 0 Å². The molecule has 0 bridgehead atoms. The largest absolute Gasteiger partial charge is 0.393 e. The molecule has 1 heteroatoms. The van der Waals surface area contributed by atoms with E-state index in [0.717, 1.165) is 12.8 Å². The van der Waals surface area contributed by atoms with Crippen LogP contribution in [-0.4, -0.2) is 11.2 Å². The number of hydrogen-bond acceptors (Lipinski definition) is 1. The molecule has 0 fully saturated rings. The van der Waals surface area contributed by atoms with Crippen LogP contribution < -0.4 is 0 Å². The predicted octanol–water partition coefficient (Wildman–Crippen LogP) is 3.00. The molecule has 1 nitrogen and oxygen atoms in total. The average molecular weight is 182 g/mol. The van der Waals surface area contributed by atoms with Gasteiger partial charge in [0.05, 0.1) is 6.10 Å². The molecule has 0 spiro atoms. The Morgan fingerprint density at radius 3 is 2.08 bits per heavy atom. The van der Waals surface area contributed by atoms with Crippen LogP contribution >= 0.6 is 0 Å². The summed E-state index contributed by atoms with van der Waals surface area (Å²) in [7, 11) is 0. The topological polar surface area (TPSA) is 20.2 Å². The zero-order valence-electron chi connectivity index (χ0n) is 9.25. The summed E-state index contributed by atoms with van der Waals surface area (Å²) in [5.41, 5.74) is 0.220. The Labute approximate surface area is 81.9 Å². The van der Waals surface area contributed by atoms with Crippen molar-refractivity contribution < 1.29 is 5.11 Å². The van der Waals surface area contributed by atoms with Crippen LogP contribution in [0, 0.1) is 17.3 Å². The molecule has 0 aromatic rings. The maximum Gasteiger partial charge on any atom is 0.0583 e. The maximum absolute atomic E-state index is 9.69. The molecule has 0 aromatic carbocycles. The van der Waals surface area contributed by atoms with Crippen LogP contribution in [-0.2, 0) is 0 Å². The van der Waals surface area contributed by atoms with E-state index in [1.165, 1.54) is 0 Å². The van der Waals surface area contributed by atoms with Crippen molar-refractivity contribution in [1.29, 1.82) is 0 Å². The smallest absolute Gasteiger partial charge is 0.0583 e. The van der Waals surface area contributed by atoms with Crippen molar-refractivity contribution >= 4 is 0 Å². The van der Waals surface area contributed by atoms with E-state index in [0.29, 0.717) is 11.8 Å². The summed E-state index contributed by atoms with van der Waals surface area (Å²) in [6.07, 6.45) is 6.11. The second-order valence-corrected chi connectivity index (χ2v) is 4.92. The third kappa shape index (κ3) is 1.96. The molecule has 0 radical (unpaired) electrons. The SMILES string of the molecule is CC(C)C1(C(C)C)C=CCC(O)C1. The monoisotopic (exact) mass is 182 g/mol. The second-order valence-electron chi connectivity index (χ2n) is 4.92. The number of allylic oxidation sites excluding steroid dienone is 1. The van der Waals surface area contributed by atoms with Crippen LogP contribution in [0.15, 0.2) is 12.2 Å². The van der Waals surface area contributed by atoms with Gasteiger partial charge in [-0.2, -0.15) is 0 Å². The maximum atomic E-state index is 9.69. The highest BCUT2D eigenvalue weighted by atomic mass is 16.3. The molecular weight excluding hydrogens is 160 g/mol. The van der Waals surface area contributed by atoms with Crippen molar-refractivity contribution in [3.8, 4) is 0 Å². The summed E-state index contributed by atoms with van der Waals surface area (Å²) >= 11 is 0. The number of aliphatic hydroxyl groups excluding tert-OH is 1. The lowest BCUT2D eigenvalue weighted by Crippen LogP contribution is -2.37. The lowest BCUT2D eigenvalue weighted by molar-refractivity contribution is 0.0568. The van der Waals surface area contributed by atoms with Crippen molar-refractivity contribution in [1.82, 2.24) is 0 Å². The molecule has 0 saturated heterocycles. The van der Waals surface area contributed by atoms with Gasteiger partial charge in [0, 0.05) is 0 Å². The first-order chi connectivity index (χ1) is 5.99. The number of rotatable bonds is 2. The van der Waals surface area contributed by atoms with Gasteiger partial charge in [-0.15, -0.1) is 0 Å². The second kappa shape index (κ2) is 3.83. The van der Waals surface area contributed by atoms with Crippen LogP contribution in [0.3, 0.4) is 0 Å². The first kappa shape index (κ1) is 10.8. The quantitative estimate of drug-likeness (QED) is 0.651. The van der Waals surface area contributed by atoms with Crippen LogP contribution in [0.1, 0.15) is 40.5 Å². The van der Waals surface area contributed by atoms with E-state index in [4.69, 9.17) is 0 Å². The van der Waals surface area contributed by atoms with Gasteiger partial charge in [0.2, 0.25) is 0 Å². The fourth-order valence-corrected chi connectivity index (χ4v) is 2.53. The Kier molecular flexibility index (Phi) is 3.18. The van der Waals surface area contributed by atoms with Gasteiger partial charge in [-0.1, -0.05) is 39.8 Å². The third-order valence-corrected chi connectivity index (χ3v) is 3.58. The zero-order chi connectivity index (χ0) is 10.1. The van der Waals surface area contributed by atoms with E-state index >= 15 is 0 Å². The average Bonchev–Trinajstić information content (AvgIpc) is 2.03. The van der Waals surface area contributed by atoms with Gasteiger partial charge in [0.25, 0.3) is 0 Å². The van der Waals surface area contributed by atoms with E-state index in [2.05, 4.69) is 39.8 Å². The predicted molar refractivity (Wildman–Crippen MR) is 56.5 cm³/mol. The molecule has 76 valence electrons. The number of hydrogen-bond donors (Lipinski definition) is 1. The molecule has 0 aromatic heterocycles. The van der Waals surface area contributed by atoms with Gasteiger partial charge in [0.1, 0.15) is 0 Å². The Bertz CT molecular complexity index is 183. The standard InChI is InChI=1S/C12H22O/c1-9(2)12(10(3)4)7-5-6-11(13)8-12/h5,7,9-11,13H,6,8H2,1-4H3. The summed E-state index contributed by atoms with van der Waals surface area (Å²) in [4.78, 5) is 0. The summed E-state index contributed by atoms with van der Waals surface area (Å²) in [5.74, 6) is 1.22. The summed E-state index contributed by atoms with van der Waals surface area (Å²) in [6.45, 7) is 9.01. The van der Waals surface area contributed by atoms with E-state index in [-0.39, 0.29) is 11.5 Å². The van der Waals surface area contributed by atoms with Gasteiger partial charge in [-0.25, -0.2) is 0 Å². The fourth-order valence-electron chi connectivity index (χ4n) is 2.53. The Hall–Kier alpha value is -0.300. The highest BCUT2D eigenvalue weighted by Gasteiger charge is 2.37. The molecule has 1 aliphatic rings. The normalized spacial score (nSPS) is 27.2. The van der Waals surface area contributed by atoms with Crippen LogP contribution in [0.5, 0.6) is 0 Å². The molecule has 1 aliphatic carbocycles. The minimum Gasteiger partial charge on any atom is -0.393 e. The molecule has 13 heavy (non-hydrogen) atoms. The summed E-state index contributed by atoms with van der Waals surface area (Å²) in [6, 6.07) is 0. The summed E-state index contributed by atoms with van der Waals surface area (Å²) in [5, 5.41) is 9.69. The van der Waals surface area contributed by atoms with Crippen molar-refractivity contribution in [3.05, 3.63) is 12.2 Å². The first-order valence-corrected chi connectivity index (χ1v) is 5.35. The van der Waals surface area contributed by atoms with Crippen LogP contribution in [0.2, 0.25) is 0 Å². The highest BCUT2D eigenvalue weighted by molar-refractivity contribution is 5.08. The molecule has 1 N–H and O–H groups in total. The Morgan fingerprint density at radius 2 is 1.77 bits per heavy atom. The van der Waals surface area contributed by atoms with Crippen molar-refractivity contribution in [2.24, 2.45) is 17.3 Å². The van der Waals surface area contributed by atoms with Crippen molar-refractivity contribution in [3.63, 3.8) is 0 Å². The van der Waals surface area contributed by atoms with E-state index in [1.807, 2.05) is 0 Å². The fraction of sp³-hybridized carbons (Fsp3) is 0.833.